The highest BCUT2D eigenvalue weighted by Gasteiger charge is 2.32. The van der Waals surface area contributed by atoms with E-state index in [4.69, 9.17) is 4.42 Å². The van der Waals surface area contributed by atoms with Gasteiger partial charge in [-0.2, -0.15) is 5.10 Å². The van der Waals surface area contributed by atoms with E-state index in [-0.39, 0.29) is 18.2 Å². The minimum absolute atomic E-state index is 0.0445. The van der Waals surface area contributed by atoms with Crippen molar-refractivity contribution in [3.05, 3.63) is 77.0 Å². The second-order valence-electron chi connectivity index (χ2n) is 6.57. The van der Waals surface area contributed by atoms with E-state index in [9.17, 15) is 9.59 Å². The van der Waals surface area contributed by atoms with E-state index < -0.39 is 5.25 Å². The van der Waals surface area contributed by atoms with Crippen molar-refractivity contribution >= 4 is 56.6 Å². The first-order chi connectivity index (χ1) is 15.1. The predicted molar refractivity (Wildman–Crippen MR) is 126 cm³/mol. The fourth-order valence-electron chi connectivity index (χ4n) is 2.82. The molecule has 1 aromatic heterocycles. The summed E-state index contributed by atoms with van der Waals surface area (Å²) < 4.78 is 6.74. The number of nitrogens with zero attached hydrogens (tertiary/aromatic N) is 2. The maximum atomic E-state index is 12.2. The highest BCUT2D eigenvalue weighted by Crippen LogP contribution is 2.24. The molecule has 0 spiro atoms. The van der Waals surface area contributed by atoms with E-state index in [0.717, 1.165) is 15.8 Å². The standard InChI is InChI=1S/C22H17BrN4O3S/c23-15-8-6-14(7-9-15)18-11-10-17(30-18)13-24-27-22-26-21(29)19(31-22)12-20(28)25-16-4-2-1-3-5-16/h1-11,13,19H,12H2,(H,25,28)(H,26,27,29)/b24-13-/t19-/m0/s1. The Kier molecular flexibility index (Phi) is 6.63. The minimum atomic E-state index is -0.551. The fourth-order valence-corrected chi connectivity index (χ4v) is 4.01. The summed E-state index contributed by atoms with van der Waals surface area (Å²) in [6.45, 7) is 0. The van der Waals surface area contributed by atoms with Crippen molar-refractivity contribution in [3.63, 3.8) is 0 Å². The lowest BCUT2D eigenvalue weighted by molar-refractivity contribution is -0.122. The zero-order valence-corrected chi connectivity index (χ0v) is 18.5. The molecule has 31 heavy (non-hydrogen) atoms. The smallest absolute Gasteiger partial charge is 0.240 e. The van der Waals surface area contributed by atoms with Crippen LogP contribution in [-0.4, -0.2) is 28.4 Å². The Hall–Kier alpha value is -3.17. The Balaban J connectivity index is 1.32. The number of halogens is 1. The van der Waals surface area contributed by atoms with Crippen molar-refractivity contribution in [2.24, 2.45) is 10.2 Å². The van der Waals surface area contributed by atoms with E-state index in [1.807, 2.05) is 48.5 Å². The maximum absolute atomic E-state index is 12.2. The van der Waals surface area contributed by atoms with Crippen LogP contribution in [-0.2, 0) is 9.59 Å². The van der Waals surface area contributed by atoms with Crippen molar-refractivity contribution in [1.29, 1.82) is 0 Å². The molecule has 1 aliphatic heterocycles. The van der Waals surface area contributed by atoms with Crippen LogP contribution in [0.25, 0.3) is 11.3 Å². The minimum Gasteiger partial charge on any atom is -0.455 e. The van der Waals surface area contributed by atoms with E-state index in [2.05, 4.69) is 36.8 Å². The Morgan fingerprint density at radius 2 is 1.90 bits per heavy atom. The summed E-state index contributed by atoms with van der Waals surface area (Å²) >= 11 is 4.58. The molecule has 2 aromatic carbocycles. The van der Waals surface area contributed by atoms with Gasteiger partial charge in [0.25, 0.3) is 0 Å². The van der Waals surface area contributed by atoms with Gasteiger partial charge >= 0.3 is 0 Å². The molecule has 0 radical (unpaired) electrons. The summed E-state index contributed by atoms with van der Waals surface area (Å²) in [5, 5.41) is 13.2. The lowest BCUT2D eigenvalue weighted by Gasteiger charge is -2.06. The summed E-state index contributed by atoms with van der Waals surface area (Å²) in [6.07, 6.45) is 1.51. The normalized spacial score (nSPS) is 17.3. The van der Waals surface area contributed by atoms with E-state index >= 15 is 0 Å². The Bertz CT molecular complexity index is 1140. The van der Waals surface area contributed by atoms with Gasteiger partial charge in [-0.05, 0) is 36.4 Å². The van der Waals surface area contributed by atoms with Gasteiger partial charge in [-0.25, -0.2) is 0 Å². The van der Waals surface area contributed by atoms with Gasteiger partial charge in [-0.1, -0.05) is 58.0 Å². The number of furan rings is 1. The molecule has 0 aliphatic carbocycles. The van der Waals surface area contributed by atoms with Gasteiger partial charge in [-0.15, -0.1) is 5.10 Å². The van der Waals surface area contributed by atoms with Crippen molar-refractivity contribution < 1.29 is 14.0 Å². The van der Waals surface area contributed by atoms with Crippen LogP contribution < -0.4 is 10.6 Å². The third kappa shape index (κ3) is 5.71. The molecule has 2 heterocycles. The molecule has 0 saturated carbocycles. The number of benzene rings is 2. The number of carbonyl (C=O) groups excluding carboxylic acids is 2. The molecule has 4 rings (SSSR count). The van der Waals surface area contributed by atoms with E-state index in [0.29, 0.717) is 16.6 Å². The largest absolute Gasteiger partial charge is 0.455 e. The number of amides is 2. The summed E-state index contributed by atoms with van der Waals surface area (Å²) in [5.41, 5.74) is 1.64. The molecule has 3 aromatic rings. The fraction of sp³-hybridized carbons (Fsp3) is 0.0909. The van der Waals surface area contributed by atoms with Crippen molar-refractivity contribution in [2.45, 2.75) is 11.7 Å². The average molecular weight is 497 g/mol. The first kappa shape index (κ1) is 21.1. The topological polar surface area (TPSA) is 96.1 Å². The van der Waals surface area contributed by atoms with Crippen LogP contribution in [0.15, 0.2) is 85.8 Å². The lowest BCUT2D eigenvalue weighted by Crippen LogP contribution is -2.28. The average Bonchev–Trinajstić information content (AvgIpc) is 3.36. The highest BCUT2D eigenvalue weighted by molar-refractivity contribution is 9.10. The zero-order valence-electron chi connectivity index (χ0n) is 16.1. The molecule has 0 unspecified atom stereocenters. The number of rotatable bonds is 6. The monoisotopic (exact) mass is 496 g/mol. The Morgan fingerprint density at radius 3 is 2.68 bits per heavy atom. The van der Waals surface area contributed by atoms with Gasteiger partial charge in [0.15, 0.2) is 5.17 Å². The number of para-hydroxylation sites is 1. The number of hydrogen-bond acceptors (Lipinski definition) is 6. The second kappa shape index (κ2) is 9.76. The first-order valence-corrected chi connectivity index (χ1v) is 11.0. The second-order valence-corrected chi connectivity index (χ2v) is 8.68. The van der Waals surface area contributed by atoms with Crippen LogP contribution >= 0.6 is 27.7 Å². The van der Waals surface area contributed by atoms with Gasteiger partial charge in [0.1, 0.15) is 16.8 Å². The molecular weight excluding hydrogens is 480 g/mol. The number of nitrogens with one attached hydrogen (secondary N) is 2. The summed E-state index contributed by atoms with van der Waals surface area (Å²) in [5.74, 6) is 0.752. The molecule has 1 atom stereocenters. The Morgan fingerprint density at radius 1 is 1.13 bits per heavy atom. The molecule has 156 valence electrons. The van der Waals surface area contributed by atoms with Crippen molar-refractivity contribution in [2.75, 3.05) is 5.32 Å². The summed E-state index contributed by atoms with van der Waals surface area (Å²) in [4.78, 5) is 24.3. The molecule has 1 aliphatic rings. The SMILES string of the molecule is O=C(C[C@@H]1S/C(=N\N=C/c2ccc(-c3ccc(Br)cc3)o2)NC1=O)Nc1ccccc1. The first-order valence-electron chi connectivity index (χ1n) is 9.36. The molecular formula is C22H17BrN4O3S. The summed E-state index contributed by atoms with van der Waals surface area (Å²) in [7, 11) is 0. The Labute approximate surface area is 191 Å². The molecule has 7 nitrogen and oxygen atoms in total. The number of thioether (sulfide) groups is 1. The van der Waals surface area contributed by atoms with Crippen LogP contribution in [0.2, 0.25) is 0 Å². The van der Waals surface area contributed by atoms with Crippen molar-refractivity contribution in [1.82, 2.24) is 5.32 Å². The van der Waals surface area contributed by atoms with Gasteiger partial charge in [0.2, 0.25) is 11.8 Å². The van der Waals surface area contributed by atoms with Gasteiger partial charge in [0.05, 0.1) is 6.21 Å². The highest BCUT2D eigenvalue weighted by atomic mass is 79.9. The molecule has 2 amide bonds. The molecule has 1 fully saturated rings. The summed E-state index contributed by atoms with van der Waals surface area (Å²) in [6, 6.07) is 20.5. The number of hydrogen-bond donors (Lipinski definition) is 2. The van der Waals surface area contributed by atoms with Gasteiger partial charge in [0, 0.05) is 22.1 Å². The van der Waals surface area contributed by atoms with Gasteiger partial charge in [-0.3, -0.25) is 9.59 Å². The van der Waals surface area contributed by atoms with Crippen molar-refractivity contribution in [3.8, 4) is 11.3 Å². The predicted octanol–water partition coefficient (Wildman–Crippen LogP) is 4.66. The van der Waals surface area contributed by atoms with E-state index in [1.165, 1.54) is 18.0 Å². The van der Waals surface area contributed by atoms with Crippen LogP contribution in [0.3, 0.4) is 0 Å². The quantitative estimate of drug-likeness (QED) is 0.383. The lowest BCUT2D eigenvalue weighted by atomic mass is 10.2. The van der Waals surface area contributed by atoms with Crippen LogP contribution in [0.4, 0.5) is 5.69 Å². The third-order valence-corrected chi connectivity index (χ3v) is 5.89. The number of amidine groups is 1. The van der Waals surface area contributed by atoms with Gasteiger partial charge < -0.3 is 15.1 Å². The molecule has 0 bridgehead atoms. The zero-order chi connectivity index (χ0) is 21.6. The van der Waals surface area contributed by atoms with Crippen LogP contribution in [0.5, 0.6) is 0 Å². The number of anilines is 1. The molecule has 1 saturated heterocycles. The molecule has 2 N–H and O–H groups in total. The van der Waals surface area contributed by atoms with Crippen LogP contribution in [0.1, 0.15) is 12.2 Å². The maximum Gasteiger partial charge on any atom is 0.240 e. The number of carbonyl (C=O) groups is 2. The van der Waals surface area contributed by atoms with E-state index in [1.54, 1.807) is 18.2 Å². The van der Waals surface area contributed by atoms with Crippen LogP contribution in [0, 0.1) is 0 Å². The third-order valence-electron chi connectivity index (χ3n) is 4.29. The molecule has 9 heteroatoms.